The molecule has 0 aromatic heterocycles. The van der Waals surface area contributed by atoms with Crippen molar-refractivity contribution in [1.29, 1.82) is 0 Å². The molecule has 4 nitrogen and oxygen atoms in total. The quantitative estimate of drug-likeness (QED) is 0.445. The number of carbonyl (C=O) groups is 1. The van der Waals surface area contributed by atoms with Crippen molar-refractivity contribution in [2.45, 2.75) is 6.42 Å². The lowest BCUT2D eigenvalue weighted by molar-refractivity contribution is 0.0955. The summed E-state index contributed by atoms with van der Waals surface area (Å²) < 4.78 is 5.16. The molecule has 4 rings (SSSR count). The molecule has 3 aromatic carbocycles. The predicted molar refractivity (Wildman–Crippen MR) is 142 cm³/mol. The summed E-state index contributed by atoms with van der Waals surface area (Å²) in [5.41, 5.74) is 0.454. The molecule has 1 aliphatic carbocycles. The van der Waals surface area contributed by atoms with Gasteiger partial charge in [-0.2, -0.15) is 0 Å². The van der Waals surface area contributed by atoms with E-state index < -0.39 is 7.26 Å². The van der Waals surface area contributed by atoms with Gasteiger partial charge >= 0.3 is 0 Å². The number of phenolic OH excluding ortho intramolecular Hbond substituents is 1. The lowest BCUT2D eigenvalue weighted by Gasteiger charge is -2.28. The Morgan fingerprint density at radius 1 is 0.971 bits per heavy atom. The highest BCUT2D eigenvalue weighted by atomic mass is 31.2. The highest BCUT2D eigenvalue weighted by Crippen LogP contribution is 2.63. The number of allylic oxidation sites excluding steroid dienone is 6. The number of hydrogen-bond acceptors (Lipinski definition) is 3. The van der Waals surface area contributed by atoms with Gasteiger partial charge < -0.3 is 15.2 Å². The van der Waals surface area contributed by atoms with Gasteiger partial charge in [0.25, 0.3) is 5.91 Å². The van der Waals surface area contributed by atoms with Crippen molar-refractivity contribution in [2.24, 2.45) is 0 Å². The van der Waals surface area contributed by atoms with Crippen molar-refractivity contribution in [3.63, 3.8) is 0 Å². The molecule has 0 saturated carbocycles. The Balaban J connectivity index is 1.69. The van der Waals surface area contributed by atoms with Gasteiger partial charge in [0.2, 0.25) is 0 Å². The Morgan fingerprint density at radius 3 is 2.29 bits per heavy atom. The van der Waals surface area contributed by atoms with Crippen molar-refractivity contribution in [3.05, 3.63) is 120 Å². The van der Waals surface area contributed by atoms with Gasteiger partial charge in [-0.3, -0.25) is 4.79 Å². The van der Waals surface area contributed by atoms with Crippen LogP contribution >= 0.6 is 7.26 Å². The van der Waals surface area contributed by atoms with Gasteiger partial charge in [-0.25, -0.2) is 0 Å². The fourth-order valence-electron chi connectivity index (χ4n) is 4.31. The van der Waals surface area contributed by atoms with E-state index in [2.05, 4.69) is 84.2 Å². The second-order valence-corrected chi connectivity index (χ2v) is 11.6. The molecular weight excluding hydrogens is 441 g/mol. The number of methoxy groups -OCH3 is 1. The lowest BCUT2D eigenvalue weighted by Crippen LogP contribution is -2.33. The molecule has 0 fully saturated rings. The number of hydrogen-bond donors (Lipinski definition) is 2. The smallest absolute Gasteiger partial charge is 0.251 e. The Morgan fingerprint density at radius 2 is 1.65 bits per heavy atom. The van der Waals surface area contributed by atoms with Gasteiger partial charge in [-0.05, 0) is 61.0 Å². The maximum atomic E-state index is 12.9. The van der Waals surface area contributed by atoms with Gasteiger partial charge in [0.15, 0.2) is 11.5 Å². The van der Waals surface area contributed by atoms with Crippen LogP contribution in [0, 0.1) is 0 Å². The van der Waals surface area contributed by atoms with Gasteiger partial charge in [-0.1, -0.05) is 54.6 Å². The first-order valence-corrected chi connectivity index (χ1v) is 13.3. The minimum absolute atomic E-state index is 0.0119. The van der Waals surface area contributed by atoms with E-state index in [1.54, 1.807) is 12.1 Å². The van der Waals surface area contributed by atoms with Crippen LogP contribution in [-0.2, 0) is 0 Å². The average molecular weight is 471 g/mol. The highest BCUT2D eigenvalue weighted by Gasteiger charge is 2.45. The van der Waals surface area contributed by atoms with E-state index in [1.165, 1.54) is 29.1 Å². The van der Waals surface area contributed by atoms with Crippen LogP contribution in [0.2, 0.25) is 0 Å². The molecule has 0 atom stereocenters. The SMILES string of the molecule is COc1cc(C(=O)NCC[P+](C2=CCC=CC=C2)(c2ccccc2)c2ccccc2)ccc1O. The zero-order chi connectivity index (χ0) is 23.8. The molecule has 0 aliphatic heterocycles. The summed E-state index contributed by atoms with van der Waals surface area (Å²) in [7, 11) is -0.550. The largest absolute Gasteiger partial charge is 0.504 e. The fraction of sp³-hybridized carbons (Fsp3) is 0.138. The Labute approximate surface area is 201 Å². The first-order chi connectivity index (χ1) is 16.6. The first-order valence-electron chi connectivity index (χ1n) is 11.3. The van der Waals surface area contributed by atoms with Crippen LogP contribution in [0.4, 0.5) is 0 Å². The highest BCUT2D eigenvalue weighted by molar-refractivity contribution is 7.93. The second-order valence-electron chi connectivity index (χ2n) is 8.00. The van der Waals surface area contributed by atoms with E-state index in [0.29, 0.717) is 12.1 Å². The summed E-state index contributed by atoms with van der Waals surface area (Å²) in [5.74, 6) is 0.103. The zero-order valence-corrected chi connectivity index (χ0v) is 20.1. The summed E-state index contributed by atoms with van der Waals surface area (Å²) in [6.07, 6.45) is 12.6. The molecule has 5 heteroatoms. The molecule has 0 heterocycles. The number of phenols is 1. The molecule has 0 spiro atoms. The van der Waals surface area contributed by atoms with Crippen LogP contribution in [0.5, 0.6) is 11.5 Å². The molecule has 34 heavy (non-hydrogen) atoms. The maximum Gasteiger partial charge on any atom is 0.251 e. The van der Waals surface area contributed by atoms with Gasteiger partial charge in [0.1, 0.15) is 23.2 Å². The van der Waals surface area contributed by atoms with E-state index >= 15 is 0 Å². The Hall–Kier alpha value is -3.62. The molecular formula is C29H29NO3P+. The fourth-order valence-corrected chi connectivity index (χ4v) is 8.54. The standard InChI is InChI=1S/C29H28NO3P/c1-33-28-22-23(18-19-27(28)31)29(32)30-20-21-34(25-14-8-4-9-15-25,26-16-10-5-11-17-26)24-12-6-2-3-7-13-24/h2-6,8-19,22H,7,20-21H2,1H3,(H-,30,31,32)/p+1. The third-order valence-electron chi connectivity index (χ3n) is 5.99. The summed E-state index contributed by atoms with van der Waals surface area (Å²) in [4.78, 5) is 12.9. The van der Waals surface area contributed by atoms with Crippen molar-refractivity contribution in [3.8, 4) is 11.5 Å². The molecule has 0 bridgehead atoms. The topological polar surface area (TPSA) is 58.6 Å². The summed E-state index contributed by atoms with van der Waals surface area (Å²) in [6.45, 7) is 0.512. The van der Waals surface area contributed by atoms with Crippen LogP contribution in [0.25, 0.3) is 0 Å². The molecule has 3 aromatic rings. The van der Waals surface area contributed by atoms with Crippen LogP contribution in [0.1, 0.15) is 16.8 Å². The normalized spacial score (nSPS) is 13.1. The van der Waals surface area contributed by atoms with Crippen molar-refractivity contribution in [1.82, 2.24) is 5.32 Å². The minimum Gasteiger partial charge on any atom is -0.504 e. The lowest BCUT2D eigenvalue weighted by atomic mass is 10.2. The predicted octanol–water partition coefficient (Wildman–Crippen LogP) is 5.20. The van der Waals surface area contributed by atoms with E-state index in [-0.39, 0.29) is 17.4 Å². The molecule has 0 saturated heterocycles. The monoisotopic (exact) mass is 470 g/mol. The molecule has 172 valence electrons. The van der Waals surface area contributed by atoms with Gasteiger partial charge in [0.05, 0.1) is 19.8 Å². The van der Waals surface area contributed by atoms with Crippen LogP contribution in [0.3, 0.4) is 0 Å². The maximum absolute atomic E-state index is 12.9. The number of rotatable bonds is 8. The second kappa shape index (κ2) is 11.0. The van der Waals surface area contributed by atoms with E-state index in [0.717, 1.165) is 12.6 Å². The number of benzene rings is 3. The van der Waals surface area contributed by atoms with Gasteiger partial charge in [-0.15, -0.1) is 0 Å². The zero-order valence-electron chi connectivity index (χ0n) is 19.2. The molecule has 1 aliphatic rings. The number of aromatic hydroxyl groups is 1. The molecule has 0 unspecified atom stereocenters. The third-order valence-corrected chi connectivity index (χ3v) is 10.5. The Kier molecular flexibility index (Phi) is 7.61. The van der Waals surface area contributed by atoms with Crippen LogP contribution < -0.4 is 20.7 Å². The van der Waals surface area contributed by atoms with E-state index in [9.17, 15) is 9.90 Å². The Bertz CT molecular complexity index is 1180. The van der Waals surface area contributed by atoms with Crippen molar-refractivity contribution < 1.29 is 14.6 Å². The summed E-state index contributed by atoms with van der Waals surface area (Å²) in [6, 6.07) is 25.9. The van der Waals surface area contributed by atoms with Crippen LogP contribution in [-0.4, -0.2) is 30.8 Å². The van der Waals surface area contributed by atoms with Crippen molar-refractivity contribution in [2.75, 3.05) is 19.8 Å². The average Bonchev–Trinajstić information content (AvgIpc) is 3.18. The number of nitrogens with one attached hydrogen (secondary N) is 1. The van der Waals surface area contributed by atoms with Crippen LogP contribution in [0.15, 0.2) is 115 Å². The van der Waals surface area contributed by atoms with E-state index in [4.69, 9.17) is 4.74 Å². The van der Waals surface area contributed by atoms with Gasteiger partial charge in [0, 0.05) is 5.56 Å². The van der Waals surface area contributed by atoms with Crippen molar-refractivity contribution >= 4 is 23.8 Å². The number of amides is 1. The summed E-state index contributed by atoms with van der Waals surface area (Å²) in [5, 5.41) is 16.9. The number of ether oxygens (including phenoxy) is 1. The van der Waals surface area contributed by atoms with E-state index in [1.807, 2.05) is 12.1 Å². The molecule has 1 amide bonds. The third kappa shape index (κ3) is 4.98. The first kappa shape index (κ1) is 23.5. The molecule has 0 radical (unpaired) electrons. The summed E-state index contributed by atoms with van der Waals surface area (Å²) >= 11 is 0. The number of carbonyl (C=O) groups excluding carboxylic acids is 1. The minimum atomic E-state index is -2.02. The molecule has 2 N–H and O–H groups in total.